The van der Waals surface area contributed by atoms with Crippen molar-refractivity contribution in [1.29, 1.82) is 0 Å². The Morgan fingerprint density at radius 2 is 2.24 bits per heavy atom. The molecule has 0 atom stereocenters. The van der Waals surface area contributed by atoms with E-state index in [9.17, 15) is 4.39 Å². The molecule has 0 aliphatic carbocycles. The second-order valence-corrected chi connectivity index (χ2v) is 4.42. The zero-order valence-corrected chi connectivity index (χ0v) is 10.8. The Hall–Kier alpha value is -1.27. The monoisotopic (exact) mass is 299 g/mol. The molecule has 0 spiro atoms. The normalized spacial score (nSPS) is 10.8. The Morgan fingerprint density at radius 1 is 1.41 bits per heavy atom. The first kappa shape index (κ1) is 12.2. The Morgan fingerprint density at radius 3 is 2.88 bits per heavy atom. The van der Waals surface area contributed by atoms with Gasteiger partial charge in [-0.3, -0.25) is 0 Å². The molecule has 0 aliphatic rings. The van der Waals surface area contributed by atoms with Gasteiger partial charge < -0.3 is 9.84 Å². The summed E-state index contributed by atoms with van der Waals surface area (Å²) in [7, 11) is 0. The predicted molar refractivity (Wildman–Crippen MR) is 63.7 cm³/mol. The third-order valence-electron chi connectivity index (χ3n) is 2.18. The molecule has 0 saturated heterocycles. The highest BCUT2D eigenvalue weighted by atomic mass is 79.9. The van der Waals surface area contributed by atoms with Gasteiger partial charge in [0.2, 0.25) is 5.89 Å². The Balaban J connectivity index is 1.90. The van der Waals surface area contributed by atoms with Crippen LogP contribution in [-0.4, -0.2) is 10.1 Å². The molecule has 0 aliphatic heterocycles. The summed E-state index contributed by atoms with van der Waals surface area (Å²) in [5.74, 6) is 0.903. The van der Waals surface area contributed by atoms with Gasteiger partial charge in [0.1, 0.15) is 5.82 Å². The minimum Gasteiger partial charge on any atom is -0.340 e. The van der Waals surface area contributed by atoms with Crippen molar-refractivity contribution in [3.8, 4) is 0 Å². The van der Waals surface area contributed by atoms with Gasteiger partial charge in [-0.25, -0.2) is 4.39 Å². The molecule has 90 valence electrons. The molecule has 0 amide bonds. The fraction of sp³-hybridized carbons (Fsp3) is 0.273. The maximum absolute atomic E-state index is 12.9. The van der Waals surface area contributed by atoms with Crippen molar-refractivity contribution < 1.29 is 8.91 Å². The van der Waals surface area contributed by atoms with Gasteiger partial charge in [0, 0.05) is 17.9 Å². The molecular formula is C11H11BrFN3O. The maximum Gasteiger partial charge on any atom is 0.223 e. The number of hydrogen-bond donors (Lipinski definition) is 1. The standard InChI is InChI=1S/C11H11BrFN3O/c1-7-15-11(16-17-7)6-14-5-8-2-3-9(13)4-10(8)12/h2-4,14H,5-6H2,1H3. The fourth-order valence-corrected chi connectivity index (χ4v) is 1.88. The molecule has 1 heterocycles. The first-order valence-electron chi connectivity index (χ1n) is 5.09. The van der Waals surface area contributed by atoms with Crippen LogP contribution in [0.25, 0.3) is 0 Å². The first-order valence-corrected chi connectivity index (χ1v) is 5.88. The van der Waals surface area contributed by atoms with Crippen LogP contribution in [0.15, 0.2) is 27.2 Å². The molecule has 2 rings (SSSR count). The quantitative estimate of drug-likeness (QED) is 0.943. The zero-order chi connectivity index (χ0) is 12.3. The number of nitrogens with zero attached hydrogens (tertiary/aromatic N) is 2. The van der Waals surface area contributed by atoms with Crippen LogP contribution < -0.4 is 5.32 Å². The van der Waals surface area contributed by atoms with Gasteiger partial charge in [-0.1, -0.05) is 27.2 Å². The van der Waals surface area contributed by atoms with Gasteiger partial charge in [0.05, 0.1) is 6.54 Å². The SMILES string of the molecule is Cc1nc(CNCc2ccc(F)cc2Br)no1. The zero-order valence-electron chi connectivity index (χ0n) is 9.20. The molecule has 2 aromatic rings. The van der Waals surface area contributed by atoms with E-state index in [2.05, 4.69) is 31.4 Å². The average molecular weight is 300 g/mol. The van der Waals surface area contributed by atoms with Crippen molar-refractivity contribution in [2.75, 3.05) is 0 Å². The lowest BCUT2D eigenvalue weighted by Crippen LogP contribution is -2.14. The van der Waals surface area contributed by atoms with Crippen molar-refractivity contribution in [2.24, 2.45) is 0 Å². The van der Waals surface area contributed by atoms with Crippen LogP contribution >= 0.6 is 15.9 Å². The number of benzene rings is 1. The van der Waals surface area contributed by atoms with Gasteiger partial charge in [0.15, 0.2) is 5.82 Å². The summed E-state index contributed by atoms with van der Waals surface area (Å²) in [5, 5.41) is 6.92. The second kappa shape index (κ2) is 5.37. The van der Waals surface area contributed by atoms with Crippen LogP contribution in [0.4, 0.5) is 4.39 Å². The molecule has 1 aromatic heterocycles. The van der Waals surface area contributed by atoms with Gasteiger partial charge >= 0.3 is 0 Å². The average Bonchev–Trinajstić information content (AvgIpc) is 2.68. The van der Waals surface area contributed by atoms with Crippen LogP contribution in [0, 0.1) is 12.7 Å². The number of halogens is 2. The molecule has 0 bridgehead atoms. The maximum atomic E-state index is 12.9. The molecule has 0 radical (unpaired) electrons. The summed E-state index contributed by atoms with van der Waals surface area (Å²) in [5.41, 5.74) is 0.978. The van der Waals surface area contributed by atoms with Gasteiger partial charge in [-0.2, -0.15) is 4.98 Å². The van der Waals surface area contributed by atoms with Crippen LogP contribution in [-0.2, 0) is 13.1 Å². The molecule has 17 heavy (non-hydrogen) atoms. The number of aromatic nitrogens is 2. The number of rotatable bonds is 4. The summed E-state index contributed by atoms with van der Waals surface area (Å²) in [4.78, 5) is 4.07. The second-order valence-electron chi connectivity index (χ2n) is 3.57. The van der Waals surface area contributed by atoms with Gasteiger partial charge in [-0.05, 0) is 17.7 Å². The summed E-state index contributed by atoms with van der Waals surface area (Å²) in [6.45, 7) is 2.86. The smallest absolute Gasteiger partial charge is 0.223 e. The molecule has 1 aromatic carbocycles. The number of hydrogen-bond acceptors (Lipinski definition) is 4. The van der Waals surface area contributed by atoms with Crippen LogP contribution in [0.1, 0.15) is 17.3 Å². The van der Waals surface area contributed by atoms with E-state index < -0.39 is 0 Å². The molecule has 6 heteroatoms. The number of aryl methyl sites for hydroxylation is 1. The van der Waals surface area contributed by atoms with E-state index in [4.69, 9.17) is 4.52 Å². The Labute approximate surface area is 106 Å². The largest absolute Gasteiger partial charge is 0.340 e. The molecule has 0 unspecified atom stereocenters. The lowest BCUT2D eigenvalue weighted by molar-refractivity contribution is 0.385. The van der Waals surface area contributed by atoms with E-state index in [0.29, 0.717) is 24.8 Å². The highest BCUT2D eigenvalue weighted by molar-refractivity contribution is 9.10. The van der Waals surface area contributed by atoms with Crippen molar-refractivity contribution in [3.63, 3.8) is 0 Å². The molecule has 1 N–H and O–H groups in total. The van der Waals surface area contributed by atoms with Crippen LogP contribution in [0.5, 0.6) is 0 Å². The summed E-state index contributed by atoms with van der Waals surface area (Å²) in [6, 6.07) is 4.60. The summed E-state index contributed by atoms with van der Waals surface area (Å²) in [6.07, 6.45) is 0. The van der Waals surface area contributed by atoms with E-state index >= 15 is 0 Å². The van der Waals surface area contributed by atoms with Crippen molar-refractivity contribution in [1.82, 2.24) is 15.5 Å². The topological polar surface area (TPSA) is 51.0 Å². The van der Waals surface area contributed by atoms with E-state index in [0.717, 1.165) is 10.0 Å². The van der Waals surface area contributed by atoms with Crippen molar-refractivity contribution >= 4 is 15.9 Å². The van der Waals surface area contributed by atoms with E-state index in [-0.39, 0.29) is 5.82 Å². The van der Waals surface area contributed by atoms with E-state index in [1.807, 2.05) is 0 Å². The first-order chi connectivity index (χ1) is 8.15. The minimum atomic E-state index is -0.255. The Bertz CT molecular complexity index is 515. The van der Waals surface area contributed by atoms with Gasteiger partial charge in [0.25, 0.3) is 0 Å². The summed E-state index contributed by atoms with van der Waals surface area (Å²) >= 11 is 3.31. The van der Waals surface area contributed by atoms with Crippen LogP contribution in [0.3, 0.4) is 0 Å². The fourth-order valence-electron chi connectivity index (χ4n) is 1.39. The minimum absolute atomic E-state index is 0.255. The number of nitrogens with one attached hydrogen (secondary N) is 1. The lowest BCUT2D eigenvalue weighted by atomic mass is 10.2. The van der Waals surface area contributed by atoms with E-state index in [1.54, 1.807) is 13.0 Å². The highest BCUT2D eigenvalue weighted by Gasteiger charge is 2.04. The van der Waals surface area contributed by atoms with E-state index in [1.165, 1.54) is 12.1 Å². The Kier molecular flexibility index (Phi) is 3.86. The summed E-state index contributed by atoms with van der Waals surface area (Å²) < 4.78 is 18.4. The van der Waals surface area contributed by atoms with Crippen molar-refractivity contribution in [2.45, 2.75) is 20.0 Å². The lowest BCUT2D eigenvalue weighted by Gasteiger charge is -2.04. The molecule has 0 saturated carbocycles. The van der Waals surface area contributed by atoms with Gasteiger partial charge in [-0.15, -0.1) is 0 Å². The molecule has 4 nitrogen and oxygen atoms in total. The third kappa shape index (κ3) is 3.34. The molecular weight excluding hydrogens is 289 g/mol. The predicted octanol–water partition coefficient (Wildman–Crippen LogP) is 2.57. The third-order valence-corrected chi connectivity index (χ3v) is 2.92. The van der Waals surface area contributed by atoms with Crippen molar-refractivity contribution in [3.05, 3.63) is 45.8 Å². The highest BCUT2D eigenvalue weighted by Crippen LogP contribution is 2.17. The molecule has 0 fully saturated rings. The van der Waals surface area contributed by atoms with Crippen LogP contribution in [0.2, 0.25) is 0 Å².